The lowest BCUT2D eigenvalue weighted by Crippen LogP contribution is -2.50. The zero-order valence-corrected chi connectivity index (χ0v) is 22.3. The highest BCUT2D eigenvalue weighted by molar-refractivity contribution is 6.31. The molecule has 1 unspecified atom stereocenters. The molecule has 0 aliphatic carbocycles. The molecule has 2 aliphatic heterocycles. The number of ether oxygens (including phenoxy) is 2. The SMILES string of the molecule is COc1cc2c(Nc3cccc(Cl)c3F)ncnc2cc1OC1CCN(C(=O)[C@@H]2CC(O)CN2C(C)=O)CC1. The van der Waals surface area contributed by atoms with Crippen LogP contribution >= 0.6 is 11.6 Å². The van der Waals surface area contributed by atoms with Crippen molar-refractivity contribution in [2.24, 2.45) is 0 Å². The molecule has 2 amide bonds. The van der Waals surface area contributed by atoms with Crippen molar-refractivity contribution in [1.82, 2.24) is 19.8 Å². The molecule has 2 fully saturated rings. The fourth-order valence-corrected chi connectivity index (χ4v) is 5.30. The average molecular weight is 558 g/mol. The van der Waals surface area contributed by atoms with Crippen molar-refractivity contribution in [2.45, 2.75) is 44.4 Å². The molecule has 0 bridgehead atoms. The Morgan fingerprint density at radius 1 is 1.18 bits per heavy atom. The van der Waals surface area contributed by atoms with E-state index in [4.69, 9.17) is 21.1 Å². The zero-order chi connectivity index (χ0) is 27.7. The van der Waals surface area contributed by atoms with Gasteiger partial charge in [-0.05, 0) is 18.2 Å². The van der Waals surface area contributed by atoms with E-state index in [-0.39, 0.29) is 41.6 Å². The molecule has 12 heteroatoms. The molecule has 0 saturated carbocycles. The zero-order valence-electron chi connectivity index (χ0n) is 21.6. The van der Waals surface area contributed by atoms with Gasteiger partial charge in [0.1, 0.15) is 24.3 Å². The fourth-order valence-electron chi connectivity index (χ4n) is 5.12. The molecule has 0 radical (unpaired) electrons. The highest BCUT2D eigenvalue weighted by atomic mass is 35.5. The number of nitrogens with zero attached hydrogens (tertiary/aromatic N) is 4. The lowest BCUT2D eigenvalue weighted by Gasteiger charge is -2.35. The first-order valence-corrected chi connectivity index (χ1v) is 13.1. The van der Waals surface area contributed by atoms with Crippen LogP contribution in [0.1, 0.15) is 26.2 Å². The Balaban J connectivity index is 1.29. The Morgan fingerprint density at radius 3 is 2.67 bits per heavy atom. The summed E-state index contributed by atoms with van der Waals surface area (Å²) in [5, 5.41) is 13.6. The van der Waals surface area contributed by atoms with E-state index in [9.17, 15) is 19.1 Å². The molecule has 2 aliphatic rings. The normalized spacial score (nSPS) is 19.8. The van der Waals surface area contributed by atoms with Gasteiger partial charge >= 0.3 is 0 Å². The van der Waals surface area contributed by atoms with Crippen LogP contribution in [0.5, 0.6) is 11.5 Å². The molecular formula is C27H29ClFN5O5. The number of hydrogen-bond acceptors (Lipinski definition) is 8. The van der Waals surface area contributed by atoms with Crippen LogP contribution in [0.15, 0.2) is 36.7 Å². The number of halogens is 2. The lowest BCUT2D eigenvalue weighted by atomic mass is 10.1. The predicted molar refractivity (Wildman–Crippen MR) is 143 cm³/mol. The van der Waals surface area contributed by atoms with Crippen molar-refractivity contribution < 1.29 is 28.6 Å². The summed E-state index contributed by atoms with van der Waals surface area (Å²) >= 11 is 5.91. The van der Waals surface area contributed by atoms with Gasteiger partial charge in [0.05, 0.1) is 29.4 Å². The number of carbonyl (C=O) groups is 2. The van der Waals surface area contributed by atoms with Crippen LogP contribution in [0.25, 0.3) is 10.9 Å². The van der Waals surface area contributed by atoms with E-state index < -0.39 is 18.0 Å². The van der Waals surface area contributed by atoms with Crippen molar-refractivity contribution in [3.63, 3.8) is 0 Å². The summed E-state index contributed by atoms with van der Waals surface area (Å²) in [4.78, 5) is 36.8. The molecule has 206 valence electrons. The number of piperidine rings is 1. The van der Waals surface area contributed by atoms with E-state index in [0.29, 0.717) is 54.2 Å². The summed E-state index contributed by atoms with van der Waals surface area (Å²) in [5.41, 5.74) is 0.754. The molecule has 10 nitrogen and oxygen atoms in total. The summed E-state index contributed by atoms with van der Waals surface area (Å²) in [6.45, 7) is 2.54. The molecule has 1 aromatic heterocycles. The summed E-state index contributed by atoms with van der Waals surface area (Å²) in [7, 11) is 1.53. The maximum Gasteiger partial charge on any atom is 0.245 e. The number of β-amino-alcohol motifs (C(OH)–C–C–N with tert-alkyl or cyclic N) is 1. The molecule has 5 rings (SSSR count). The second-order valence-electron chi connectivity index (χ2n) is 9.69. The Morgan fingerprint density at radius 2 is 1.95 bits per heavy atom. The van der Waals surface area contributed by atoms with Gasteiger partial charge < -0.3 is 29.7 Å². The van der Waals surface area contributed by atoms with Crippen molar-refractivity contribution >= 4 is 45.8 Å². The van der Waals surface area contributed by atoms with Gasteiger partial charge in [-0.15, -0.1) is 0 Å². The van der Waals surface area contributed by atoms with Crippen LogP contribution in [0.3, 0.4) is 0 Å². The van der Waals surface area contributed by atoms with Crippen LogP contribution in [0, 0.1) is 5.82 Å². The van der Waals surface area contributed by atoms with E-state index in [1.165, 1.54) is 31.3 Å². The highest BCUT2D eigenvalue weighted by Gasteiger charge is 2.40. The number of carbonyl (C=O) groups excluding carboxylic acids is 2. The number of fused-ring (bicyclic) bond motifs is 1. The minimum absolute atomic E-state index is 0.00334. The second kappa shape index (κ2) is 11.2. The van der Waals surface area contributed by atoms with Gasteiger partial charge in [-0.25, -0.2) is 14.4 Å². The van der Waals surface area contributed by atoms with Crippen molar-refractivity contribution in [3.8, 4) is 11.5 Å². The first-order chi connectivity index (χ1) is 18.7. The number of rotatable bonds is 6. The van der Waals surface area contributed by atoms with Gasteiger partial charge in [-0.2, -0.15) is 0 Å². The summed E-state index contributed by atoms with van der Waals surface area (Å²) in [5.74, 6) is 0.399. The maximum absolute atomic E-state index is 14.5. The van der Waals surface area contributed by atoms with Crippen molar-refractivity contribution in [1.29, 1.82) is 0 Å². The second-order valence-corrected chi connectivity index (χ2v) is 10.1. The van der Waals surface area contributed by atoms with E-state index in [1.807, 2.05) is 0 Å². The number of benzene rings is 2. The number of aliphatic hydroxyl groups is 1. The molecule has 2 aromatic carbocycles. The number of likely N-dealkylation sites (tertiary alicyclic amines) is 2. The van der Waals surface area contributed by atoms with E-state index in [0.717, 1.165) is 0 Å². The maximum atomic E-state index is 14.5. The van der Waals surface area contributed by atoms with Gasteiger partial charge in [-0.1, -0.05) is 17.7 Å². The van der Waals surface area contributed by atoms with Crippen LogP contribution in [0.4, 0.5) is 15.9 Å². The quantitative estimate of drug-likeness (QED) is 0.473. The molecule has 3 aromatic rings. The average Bonchev–Trinajstić information content (AvgIpc) is 3.33. The molecule has 2 N–H and O–H groups in total. The third-order valence-corrected chi connectivity index (χ3v) is 7.43. The van der Waals surface area contributed by atoms with Gasteiger partial charge in [0.25, 0.3) is 0 Å². The minimum Gasteiger partial charge on any atom is -0.493 e. The number of hydrogen-bond donors (Lipinski definition) is 2. The van der Waals surface area contributed by atoms with Crippen LogP contribution < -0.4 is 14.8 Å². The number of nitrogens with one attached hydrogen (secondary N) is 1. The highest BCUT2D eigenvalue weighted by Crippen LogP contribution is 2.37. The molecular weight excluding hydrogens is 529 g/mol. The number of amides is 2. The van der Waals surface area contributed by atoms with Crippen molar-refractivity contribution in [2.75, 3.05) is 32.1 Å². The first-order valence-electron chi connectivity index (χ1n) is 12.7. The first kappa shape index (κ1) is 26.9. The molecule has 3 heterocycles. The Hall–Kier alpha value is -3.70. The third-order valence-electron chi connectivity index (χ3n) is 7.14. The Labute approximate surface area is 229 Å². The third kappa shape index (κ3) is 5.55. The summed E-state index contributed by atoms with van der Waals surface area (Å²) in [6.07, 6.45) is 1.95. The Bertz CT molecular complexity index is 1400. The molecule has 39 heavy (non-hydrogen) atoms. The van der Waals surface area contributed by atoms with Crippen LogP contribution in [0.2, 0.25) is 5.02 Å². The van der Waals surface area contributed by atoms with Gasteiger partial charge in [0.2, 0.25) is 11.8 Å². The number of aromatic nitrogens is 2. The summed E-state index contributed by atoms with van der Waals surface area (Å²) < 4.78 is 26.3. The monoisotopic (exact) mass is 557 g/mol. The fraction of sp³-hybridized carbons (Fsp3) is 0.407. The largest absolute Gasteiger partial charge is 0.493 e. The van der Waals surface area contributed by atoms with Crippen LogP contribution in [-0.2, 0) is 9.59 Å². The smallest absolute Gasteiger partial charge is 0.245 e. The number of aliphatic hydroxyl groups excluding tert-OH is 1. The molecule has 2 saturated heterocycles. The topological polar surface area (TPSA) is 117 Å². The number of anilines is 2. The molecule has 0 spiro atoms. The standard InChI is InChI=1S/C27H29ClFN5O5/c1-15(35)34-13-16(36)10-22(34)27(37)33-8-6-17(7-9-33)39-24-12-21-18(11-23(24)38-2)26(31-14-30-21)32-20-5-3-4-19(28)25(20)29/h3-5,11-12,14,16-17,22,36H,6-10,13H2,1-2H3,(H,30,31,32)/t16?,22-/m0/s1. The van der Waals surface area contributed by atoms with E-state index >= 15 is 0 Å². The predicted octanol–water partition coefficient (Wildman–Crippen LogP) is 3.53. The Kier molecular flexibility index (Phi) is 7.72. The minimum atomic E-state index is -0.687. The van der Waals surface area contributed by atoms with Crippen LogP contribution in [-0.4, -0.2) is 81.7 Å². The lowest BCUT2D eigenvalue weighted by molar-refractivity contribution is -0.144. The number of methoxy groups -OCH3 is 1. The van der Waals surface area contributed by atoms with E-state index in [1.54, 1.807) is 29.2 Å². The van der Waals surface area contributed by atoms with Crippen molar-refractivity contribution in [3.05, 3.63) is 47.5 Å². The van der Waals surface area contributed by atoms with Gasteiger partial charge in [-0.3, -0.25) is 9.59 Å². The summed E-state index contributed by atoms with van der Waals surface area (Å²) in [6, 6.07) is 7.52. The van der Waals surface area contributed by atoms with Gasteiger partial charge in [0, 0.05) is 57.3 Å². The van der Waals surface area contributed by atoms with Gasteiger partial charge in [0.15, 0.2) is 17.3 Å². The molecule has 2 atom stereocenters. The van der Waals surface area contributed by atoms with E-state index in [2.05, 4.69) is 15.3 Å².